The van der Waals surface area contributed by atoms with Gasteiger partial charge in [-0.15, -0.1) is 0 Å². The minimum Gasteiger partial charge on any atom is -0.309 e. The third kappa shape index (κ3) is 4.51. The van der Waals surface area contributed by atoms with Crippen LogP contribution in [-0.2, 0) is 18.3 Å². The van der Waals surface area contributed by atoms with E-state index in [1.54, 1.807) is 0 Å². The van der Waals surface area contributed by atoms with Crippen LogP contribution in [0.5, 0.6) is 0 Å². The first kappa shape index (κ1) is 31.1. The molecule has 0 unspecified atom stereocenters. The number of benzene rings is 9. The van der Waals surface area contributed by atoms with Crippen molar-refractivity contribution >= 4 is 49.4 Å². The highest BCUT2D eigenvalue weighted by Crippen LogP contribution is 2.53. The van der Waals surface area contributed by atoms with Crippen molar-refractivity contribution in [2.24, 2.45) is 0 Å². The highest BCUT2D eigenvalue weighted by atomic mass is 15.2. The zero-order valence-corrected chi connectivity index (χ0v) is 30.6. The van der Waals surface area contributed by atoms with Crippen molar-refractivity contribution < 1.29 is 0 Å². The van der Waals surface area contributed by atoms with E-state index >= 15 is 0 Å². The van der Waals surface area contributed by atoms with Gasteiger partial charge >= 0.3 is 0 Å². The largest absolute Gasteiger partial charge is 0.309 e. The molecule has 0 radical (unpaired) electrons. The summed E-state index contributed by atoms with van der Waals surface area (Å²) < 4.78 is 0. The summed E-state index contributed by atoms with van der Waals surface area (Å²) in [7, 11) is 0. The second-order valence-corrected chi connectivity index (χ2v) is 15.6. The maximum Gasteiger partial charge on any atom is 0.0619 e. The van der Waals surface area contributed by atoms with Crippen LogP contribution < -0.4 is 4.90 Å². The number of anilines is 3. The van der Waals surface area contributed by atoms with E-state index in [1.165, 1.54) is 105 Å². The van der Waals surface area contributed by atoms with Crippen molar-refractivity contribution in [1.82, 2.24) is 0 Å². The van der Waals surface area contributed by atoms with Crippen LogP contribution in [0.2, 0.25) is 0 Å². The van der Waals surface area contributed by atoms with E-state index in [1.807, 2.05) is 0 Å². The summed E-state index contributed by atoms with van der Waals surface area (Å²) >= 11 is 0. The first-order valence-corrected chi connectivity index (χ1v) is 19.2. The van der Waals surface area contributed by atoms with Crippen LogP contribution in [0, 0.1) is 0 Å². The van der Waals surface area contributed by atoms with E-state index in [2.05, 4.69) is 195 Å². The molecule has 1 aliphatic carbocycles. The van der Waals surface area contributed by atoms with Crippen molar-refractivity contribution in [1.29, 1.82) is 0 Å². The van der Waals surface area contributed by atoms with Crippen LogP contribution in [0.15, 0.2) is 176 Å². The SMILES string of the molecule is CC1(C)c2ccccc2-c2cc(-c3c4ccccc4c(N4c5ccccc5CCc5ccccc54)c4ccc(-c5cccc6ccccc56)cc34)ccc21. The van der Waals surface area contributed by atoms with Gasteiger partial charge in [0.15, 0.2) is 0 Å². The number of hydrogen-bond donors (Lipinski definition) is 0. The minimum absolute atomic E-state index is 0.0481. The van der Waals surface area contributed by atoms with Gasteiger partial charge in [0.05, 0.1) is 5.69 Å². The Morgan fingerprint density at radius 1 is 0.407 bits per heavy atom. The summed E-state index contributed by atoms with van der Waals surface area (Å²) in [6.07, 6.45) is 2.02. The van der Waals surface area contributed by atoms with Crippen LogP contribution in [0.4, 0.5) is 17.1 Å². The number of rotatable bonds is 3. The number of para-hydroxylation sites is 2. The van der Waals surface area contributed by atoms with E-state index in [0.717, 1.165) is 12.8 Å². The molecular weight excluding hydrogens is 651 g/mol. The average molecular weight is 690 g/mol. The molecule has 11 rings (SSSR count). The molecule has 1 heterocycles. The fourth-order valence-electron chi connectivity index (χ4n) is 9.75. The number of nitrogens with zero attached hydrogens (tertiary/aromatic N) is 1. The fraction of sp³-hybridized carbons (Fsp3) is 0.0943. The van der Waals surface area contributed by atoms with Gasteiger partial charge in [-0.1, -0.05) is 166 Å². The Balaban J connectivity index is 1.27. The molecule has 0 bridgehead atoms. The van der Waals surface area contributed by atoms with Gasteiger partial charge in [-0.25, -0.2) is 0 Å². The normalized spacial score (nSPS) is 14.1. The standard InChI is InChI=1S/C53H39N/c1-53(2)47-23-10-9-19-41(47)45-33-38(29-31-48(45)53)51-42-20-7-8-21-43(42)52(54-49-24-11-4-15-35(49)26-27-36-16-5-12-25-50(36)54)44-30-28-37(32-46(44)51)40-22-13-17-34-14-3-6-18-39(34)40/h3-25,28-33H,26-27H2,1-2H3. The molecule has 0 saturated carbocycles. The molecule has 1 heteroatoms. The highest BCUT2D eigenvalue weighted by Gasteiger charge is 2.35. The fourth-order valence-corrected chi connectivity index (χ4v) is 9.75. The second kappa shape index (κ2) is 11.8. The number of hydrogen-bond acceptors (Lipinski definition) is 1. The molecular formula is C53H39N. The summed E-state index contributed by atoms with van der Waals surface area (Å²) in [5.41, 5.74) is 17.0. The van der Waals surface area contributed by atoms with Gasteiger partial charge in [0, 0.05) is 27.6 Å². The van der Waals surface area contributed by atoms with E-state index < -0.39 is 0 Å². The molecule has 256 valence electrons. The Labute approximate surface area is 316 Å². The quantitative estimate of drug-likeness (QED) is 0.167. The topological polar surface area (TPSA) is 3.24 Å². The van der Waals surface area contributed by atoms with Crippen molar-refractivity contribution in [2.75, 3.05) is 4.90 Å². The molecule has 0 atom stereocenters. The molecule has 2 aliphatic rings. The molecule has 0 amide bonds. The van der Waals surface area contributed by atoms with E-state index in [-0.39, 0.29) is 5.41 Å². The summed E-state index contributed by atoms with van der Waals surface area (Å²) in [5.74, 6) is 0. The number of aryl methyl sites for hydroxylation is 2. The van der Waals surface area contributed by atoms with Crippen LogP contribution in [0.25, 0.3) is 65.7 Å². The van der Waals surface area contributed by atoms with Gasteiger partial charge in [-0.2, -0.15) is 0 Å². The van der Waals surface area contributed by atoms with E-state index in [9.17, 15) is 0 Å². The molecule has 0 N–H and O–H groups in total. The smallest absolute Gasteiger partial charge is 0.0619 e. The van der Waals surface area contributed by atoms with Crippen molar-refractivity contribution in [3.05, 3.63) is 198 Å². The molecule has 54 heavy (non-hydrogen) atoms. The van der Waals surface area contributed by atoms with E-state index in [0.29, 0.717) is 0 Å². The molecule has 1 aliphatic heterocycles. The summed E-state index contributed by atoms with van der Waals surface area (Å²) in [6.45, 7) is 4.73. The maximum atomic E-state index is 2.57. The molecule has 1 nitrogen and oxygen atoms in total. The Morgan fingerprint density at radius 2 is 0.981 bits per heavy atom. The molecule has 9 aromatic carbocycles. The predicted octanol–water partition coefficient (Wildman–Crippen LogP) is 14.4. The van der Waals surface area contributed by atoms with Crippen LogP contribution in [0.1, 0.15) is 36.1 Å². The second-order valence-electron chi connectivity index (χ2n) is 15.6. The Morgan fingerprint density at radius 3 is 1.78 bits per heavy atom. The first-order valence-electron chi connectivity index (χ1n) is 19.2. The third-order valence-corrected chi connectivity index (χ3v) is 12.3. The third-order valence-electron chi connectivity index (χ3n) is 12.3. The lowest BCUT2D eigenvalue weighted by Gasteiger charge is -2.31. The van der Waals surface area contributed by atoms with Crippen molar-refractivity contribution in [3.63, 3.8) is 0 Å². The van der Waals surface area contributed by atoms with Crippen LogP contribution >= 0.6 is 0 Å². The zero-order valence-electron chi connectivity index (χ0n) is 30.6. The van der Waals surface area contributed by atoms with Crippen molar-refractivity contribution in [2.45, 2.75) is 32.1 Å². The zero-order chi connectivity index (χ0) is 36.0. The molecule has 0 aromatic heterocycles. The first-order chi connectivity index (χ1) is 26.6. The lowest BCUT2D eigenvalue weighted by molar-refractivity contribution is 0.660. The minimum atomic E-state index is -0.0481. The van der Waals surface area contributed by atoms with Gasteiger partial charge in [0.2, 0.25) is 0 Å². The highest BCUT2D eigenvalue weighted by molar-refractivity contribution is 6.23. The van der Waals surface area contributed by atoms with Crippen LogP contribution in [-0.4, -0.2) is 0 Å². The Bertz CT molecular complexity index is 2930. The Hall–Kier alpha value is -6.44. The summed E-state index contributed by atoms with van der Waals surface area (Å²) in [5, 5.41) is 7.56. The van der Waals surface area contributed by atoms with Gasteiger partial charge < -0.3 is 4.90 Å². The predicted molar refractivity (Wildman–Crippen MR) is 229 cm³/mol. The maximum absolute atomic E-state index is 2.57. The molecule has 0 fully saturated rings. The van der Waals surface area contributed by atoms with Gasteiger partial charge in [-0.3, -0.25) is 0 Å². The molecule has 9 aromatic rings. The molecule has 0 saturated heterocycles. The van der Waals surface area contributed by atoms with Gasteiger partial charge in [0.1, 0.15) is 0 Å². The lowest BCUT2D eigenvalue weighted by Crippen LogP contribution is -2.14. The Kier molecular flexibility index (Phi) is 6.79. The van der Waals surface area contributed by atoms with Crippen LogP contribution in [0.3, 0.4) is 0 Å². The monoisotopic (exact) mass is 689 g/mol. The summed E-state index contributed by atoms with van der Waals surface area (Å²) in [6, 6.07) is 66.1. The lowest BCUT2D eigenvalue weighted by atomic mass is 9.81. The number of fused-ring (bicyclic) bond motifs is 8. The van der Waals surface area contributed by atoms with Gasteiger partial charge in [-0.05, 0) is 114 Å². The summed E-state index contributed by atoms with van der Waals surface area (Å²) in [4.78, 5) is 2.57. The molecule has 0 spiro atoms. The van der Waals surface area contributed by atoms with Gasteiger partial charge in [0.25, 0.3) is 0 Å². The van der Waals surface area contributed by atoms with Crippen molar-refractivity contribution in [3.8, 4) is 33.4 Å². The average Bonchev–Trinajstić information content (AvgIpc) is 3.33. The van der Waals surface area contributed by atoms with E-state index in [4.69, 9.17) is 0 Å².